The smallest absolute Gasteiger partial charge is 0.259 e. The third kappa shape index (κ3) is 2.01. The molecule has 5 heteroatoms. The molecule has 1 aliphatic rings. The van der Waals surface area contributed by atoms with Crippen molar-refractivity contribution in [2.45, 2.75) is 19.0 Å². The molecule has 100 valence electrons. The molecule has 0 bridgehead atoms. The van der Waals surface area contributed by atoms with Crippen LogP contribution in [0.5, 0.6) is 0 Å². The normalized spacial score (nSPS) is 19.6. The standard InChI is InChI=1S/C14H14BrFN2O/c1-18-7-10-9-3-2-4-11(16)13(9)14(19)17-12(10)5-8(18)6-15/h2-4,8H,5-7H2,1H3,(H,17,19). The Morgan fingerprint density at radius 2 is 2.32 bits per heavy atom. The van der Waals surface area contributed by atoms with E-state index < -0.39 is 5.82 Å². The van der Waals surface area contributed by atoms with Crippen molar-refractivity contribution >= 4 is 26.7 Å². The summed E-state index contributed by atoms with van der Waals surface area (Å²) in [5, 5.41) is 1.76. The Balaban J connectivity index is 2.28. The Bertz CT molecular complexity index is 698. The summed E-state index contributed by atoms with van der Waals surface area (Å²) in [6, 6.07) is 5.18. The Labute approximate surface area is 118 Å². The van der Waals surface area contributed by atoms with E-state index in [-0.39, 0.29) is 10.9 Å². The van der Waals surface area contributed by atoms with Crippen molar-refractivity contribution in [2.75, 3.05) is 12.4 Å². The number of halogens is 2. The molecule has 0 saturated heterocycles. The highest BCUT2D eigenvalue weighted by atomic mass is 79.9. The first-order valence-corrected chi connectivity index (χ1v) is 7.32. The molecule has 2 aromatic rings. The fraction of sp³-hybridized carbons (Fsp3) is 0.357. The van der Waals surface area contributed by atoms with Gasteiger partial charge in [-0.1, -0.05) is 28.1 Å². The molecule has 1 atom stereocenters. The van der Waals surface area contributed by atoms with Crippen LogP contribution in [0.15, 0.2) is 23.0 Å². The van der Waals surface area contributed by atoms with Gasteiger partial charge in [0.15, 0.2) is 0 Å². The number of likely N-dealkylation sites (N-methyl/N-ethyl adjacent to an activating group) is 1. The van der Waals surface area contributed by atoms with Crippen LogP contribution in [-0.4, -0.2) is 28.3 Å². The van der Waals surface area contributed by atoms with Crippen molar-refractivity contribution in [2.24, 2.45) is 0 Å². The van der Waals surface area contributed by atoms with Crippen molar-refractivity contribution in [1.29, 1.82) is 0 Å². The quantitative estimate of drug-likeness (QED) is 0.818. The molecule has 1 unspecified atom stereocenters. The molecule has 1 aliphatic heterocycles. The maximum Gasteiger partial charge on any atom is 0.259 e. The number of alkyl halides is 1. The minimum Gasteiger partial charge on any atom is -0.325 e. The monoisotopic (exact) mass is 324 g/mol. The highest BCUT2D eigenvalue weighted by Gasteiger charge is 2.25. The van der Waals surface area contributed by atoms with Crippen LogP contribution in [0.2, 0.25) is 0 Å². The molecule has 0 radical (unpaired) electrons. The summed E-state index contributed by atoms with van der Waals surface area (Å²) in [6.45, 7) is 0.725. The number of hydrogen-bond acceptors (Lipinski definition) is 2. The molecule has 0 amide bonds. The Morgan fingerprint density at radius 1 is 1.53 bits per heavy atom. The molecule has 0 spiro atoms. The van der Waals surface area contributed by atoms with Crippen LogP contribution in [0.1, 0.15) is 11.3 Å². The van der Waals surface area contributed by atoms with Gasteiger partial charge in [0.1, 0.15) is 5.82 Å². The number of rotatable bonds is 1. The predicted molar refractivity (Wildman–Crippen MR) is 77.3 cm³/mol. The predicted octanol–water partition coefficient (Wildman–Crippen LogP) is 2.42. The number of nitrogens with one attached hydrogen (secondary N) is 1. The number of aromatic amines is 1. The van der Waals surface area contributed by atoms with E-state index in [9.17, 15) is 9.18 Å². The van der Waals surface area contributed by atoms with E-state index in [0.717, 1.165) is 34.9 Å². The zero-order chi connectivity index (χ0) is 13.6. The molecule has 0 saturated carbocycles. The van der Waals surface area contributed by atoms with Crippen molar-refractivity contribution < 1.29 is 4.39 Å². The maximum atomic E-state index is 13.8. The van der Waals surface area contributed by atoms with Gasteiger partial charge in [-0.05, 0) is 24.1 Å². The van der Waals surface area contributed by atoms with Crippen LogP contribution >= 0.6 is 15.9 Å². The van der Waals surface area contributed by atoms with Gasteiger partial charge in [-0.3, -0.25) is 9.69 Å². The fourth-order valence-electron chi connectivity index (χ4n) is 2.74. The maximum absolute atomic E-state index is 13.8. The minimum atomic E-state index is -0.452. The third-order valence-electron chi connectivity index (χ3n) is 3.84. The number of pyridine rings is 1. The summed E-state index contributed by atoms with van der Waals surface area (Å²) in [7, 11) is 2.05. The van der Waals surface area contributed by atoms with E-state index in [1.807, 2.05) is 13.1 Å². The number of nitrogens with zero attached hydrogens (tertiary/aromatic N) is 1. The van der Waals surface area contributed by atoms with Crippen molar-refractivity contribution in [3.05, 3.63) is 45.6 Å². The lowest BCUT2D eigenvalue weighted by Gasteiger charge is -2.33. The van der Waals surface area contributed by atoms with Crippen LogP contribution in [0.4, 0.5) is 4.39 Å². The molecular formula is C14H14BrFN2O. The van der Waals surface area contributed by atoms with E-state index in [4.69, 9.17) is 0 Å². The number of benzene rings is 1. The second-order valence-electron chi connectivity index (χ2n) is 5.00. The van der Waals surface area contributed by atoms with Gasteiger partial charge in [0.05, 0.1) is 5.39 Å². The third-order valence-corrected chi connectivity index (χ3v) is 4.59. The largest absolute Gasteiger partial charge is 0.325 e. The summed E-state index contributed by atoms with van der Waals surface area (Å²) >= 11 is 3.49. The average Bonchev–Trinajstić information content (AvgIpc) is 2.39. The SMILES string of the molecule is CN1Cc2c([nH]c(=O)c3c(F)cccc23)CC1CBr. The van der Waals surface area contributed by atoms with E-state index in [1.165, 1.54) is 6.07 Å². The summed E-state index contributed by atoms with van der Waals surface area (Å²) in [5.74, 6) is -0.452. The van der Waals surface area contributed by atoms with Gasteiger partial charge in [-0.15, -0.1) is 0 Å². The molecule has 0 fully saturated rings. The van der Waals surface area contributed by atoms with Crippen LogP contribution in [-0.2, 0) is 13.0 Å². The molecule has 19 heavy (non-hydrogen) atoms. The number of hydrogen-bond donors (Lipinski definition) is 1. The first-order chi connectivity index (χ1) is 9.11. The van der Waals surface area contributed by atoms with Gasteiger partial charge >= 0.3 is 0 Å². The van der Waals surface area contributed by atoms with Gasteiger partial charge in [-0.2, -0.15) is 0 Å². The van der Waals surface area contributed by atoms with Crippen LogP contribution in [0, 0.1) is 5.82 Å². The Kier molecular flexibility index (Phi) is 3.19. The van der Waals surface area contributed by atoms with Gasteiger partial charge in [0.2, 0.25) is 0 Å². The summed E-state index contributed by atoms with van der Waals surface area (Å²) in [4.78, 5) is 17.1. The fourth-order valence-corrected chi connectivity index (χ4v) is 3.46. The molecule has 3 nitrogen and oxygen atoms in total. The van der Waals surface area contributed by atoms with E-state index in [2.05, 4.69) is 25.8 Å². The summed E-state index contributed by atoms with van der Waals surface area (Å²) < 4.78 is 13.8. The Morgan fingerprint density at radius 3 is 3.05 bits per heavy atom. The van der Waals surface area contributed by atoms with Gasteiger partial charge in [0, 0.05) is 30.0 Å². The highest BCUT2D eigenvalue weighted by Crippen LogP contribution is 2.27. The highest BCUT2D eigenvalue weighted by molar-refractivity contribution is 9.09. The number of H-pyrrole nitrogens is 1. The second-order valence-corrected chi connectivity index (χ2v) is 5.65. The first kappa shape index (κ1) is 12.8. The zero-order valence-corrected chi connectivity index (χ0v) is 12.1. The molecule has 1 N–H and O–H groups in total. The molecule has 1 aromatic carbocycles. The minimum absolute atomic E-state index is 0.173. The van der Waals surface area contributed by atoms with E-state index in [1.54, 1.807) is 6.07 Å². The molecule has 1 aromatic heterocycles. The topological polar surface area (TPSA) is 36.1 Å². The van der Waals surface area contributed by atoms with E-state index >= 15 is 0 Å². The second kappa shape index (κ2) is 4.72. The first-order valence-electron chi connectivity index (χ1n) is 6.20. The number of aromatic nitrogens is 1. The number of fused-ring (bicyclic) bond motifs is 3. The van der Waals surface area contributed by atoms with Crippen LogP contribution in [0.3, 0.4) is 0 Å². The van der Waals surface area contributed by atoms with Crippen molar-refractivity contribution in [3.63, 3.8) is 0 Å². The molecule has 2 heterocycles. The van der Waals surface area contributed by atoms with Gasteiger partial charge < -0.3 is 4.98 Å². The van der Waals surface area contributed by atoms with Crippen molar-refractivity contribution in [1.82, 2.24) is 9.88 Å². The van der Waals surface area contributed by atoms with Crippen LogP contribution in [0.25, 0.3) is 10.8 Å². The van der Waals surface area contributed by atoms with E-state index in [0.29, 0.717) is 6.04 Å². The molecule has 0 aliphatic carbocycles. The van der Waals surface area contributed by atoms with Gasteiger partial charge in [0.25, 0.3) is 5.56 Å². The van der Waals surface area contributed by atoms with Gasteiger partial charge in [-0.25, -0.2) is 4.39 Å². The molecule has 3 rings (SSSR count). The molecular weight excluding hydrogens is 311 g/mol. The summed E-state index contributed by atoms with van der Waals surface area (Å²) in [5.41, 5.74) is 1.64. The summed E-state index contributed by atoms with van der Waals surface area (Å²) in [6.07, 6.45) is 0.777. The average molecular weight is 325 g/mol. The Hall–Kier alpha value is -1.20. The van der Waals surface area contributed by atoms with Crippen molar-refractivity contribution in [3.8, 4) is 0 Å². The lowest BCUT2D eigenvalue weighted by molar-refractivity contribution is 0.234. The zero-order valence-electron chi connectivity index (χ0n) is 10.5. The van der Waals surface area contributed by atoms with Crippen LogP contribution < -0.4 is 5.56 Å². The lowest BCUT2D eigenvalue weighted by Crippen LogP contribution is -2.40. The lowest BCUT2D eigenvalue weighted by atomic mass is 9.95.